The summed E-state index contributed by atoms with van der Waals surface area (Å²) in [6, 6.07) is 0. The minimum absolute atomic E-state index is 0.202. The number of aliphatic hydroxyl groups excluding tert-OH is 1. The first-order chi connectivity index (χ1) is 13.5. The van der Waals surface area contributed by atoms with Crippen molar-refractivity contribution in [1.82, 2.24) is 0 Å². The number of carbonyl (C=O) groups excluding carboxylic acids is 2. The molecule has 0 aromatic carbocycles. The van der Waals surface area contributed by atoms with Gasteiger partial charge < -0.3 is 14.6 Å². The smallest absolute Gasteiger partial charge is 0.316 e. The molecule has 1 N–H and O–H groups in total. The van der Waals surface area contributed by atoms with Crippen molar-refractivity contribution in [3.05, 3.63) is 12.2 Å². The van der Waals surface area contributed by atoms with Gasteiger partial charge in [-0.1, -0.05) is 64.0 Å². The predicted octanol–water partition coefficient (Wildman–Crippen LogP) is 5.35. The second-order valence-electron chi connectivity index (χ2n) is 7.59. The summed E-state index contributed by atoms with van der Waals surface area (Å²) in [5, 5.41) is 9.92. The molecular weight excluding hydrogens is 356 g/mol. The standard InChI is InChI=1S/C23H42O5/c1-4-5-6-13-16-22(25)17-14-11-9-7-8-10-12-15-21(18-19-27-3)23(26)28-20(2)24/h11,14,21-22,25H,4-10,12-13,15-19H2,1-3H3/b14-11-/t21?,22-/m1/s1. The molecule has 0 radical (unpaired) electrons. The Labute approximate surface area is 171 Å². The molecule has 0 aliphatic rings. The Morgan fingerprint density at radius 1 is 0.929 bits per heavy atom. The molecule has 0 heterocycles. The number of aliphatic hydroxyl groups is 1. The van der Waals surface area contributed by atoms with Crippen LogP contribution in [0, 0.1) is 5.92 Å². The second-order valence-corrected chi connectivity index (χ2v) is 7.59. The van der Waals surface area contributed by atoms with Crippen LogP contribution < -0.4 is 0 Å². The quantitative estimate of drug-likeness (QED) is 0.146. The fraction of sp³-hybridized carbons (Fsp3) is 0.826. The largest absolute Gasteiger partial charge is 0.393 e. The first-order valence-electron chi connectivity index (χ1n) is 11.1. The third kappa shape index (κ3) is 16.9. The molecule has 0 bridgehead atoms. The van der Waals surface area contributed by atoms with Crippen LogP contribution in [0.15, 0.2) is 12.2 Å². The van der Waals surface area contributed by atoms with Crippen LogP contribution in [-0.4, -0.2) is 36.9 Å². The molecule has 0 saturated carbocycles. The van der Waals surface area contributed by atoms with Crippen LogP contribution in [0.4, 0.5) is 0 Å². The lowest BCUT2D eigenvalue weighted by atomic mass is 9.97. The molecule has 0 amide bonds. The molecule has 0 saturated heterocycles. The first kappa shape index (κ1) is 26.8. The van der Waals surface area contributed by atoms with E-state index in [-0.39, 0.29) is 12.0 Å². The van der Waals surface area contributed by atoms with Gasteiger partial charge in [0, 0.05) is 20.6 Å². The van der Waals surface area contributed by atoms with Gasteiger partial charge in [0.05, 0.1) is 12.0 Å². The molecule has 0 aliphatic carbocycles. The van der Waals surface area contributed by atoms with Crippen molar-refractivity contribution in [2.75, 3.05) is 13.7 Å². The summed E-state index contributed by atoms with van der Waals surface area (Å²) in [5.41, 5.74) is 0. The van der Waals surface area contributed by atoms with Crippen LogP contribution >= 0.6 is 0 Å². The van der Waals surface area contributed by atoms with Gasteiger partial charge in [-0.05, 0) is 38.5 Å². The Balaban J connectivity index is 3.76. The van der Waals surface area contributed by atoms with E-state index >= 15 is 0 Å². The van der Waals surface area contributed by atoms with E-state index in [0.29, 0.717) is 13.0 Å². The van der Waals surface area contributed by atoms with Gasteiger partial charge in [0.25, 0.3) is 0 Å². The Morgan fingerprint density at radius 3 is 2.29 bits per heavy atom. The monoisotopic (exact) mass is 398 g/mol. The van der Waals surface area contributed by atoms with Gasteiger partial charge in [0.2, 0.25) is 0 Å². The summed E-state index contributed by atoms with van der Waals surface area (Å²) >= 11 is 0. The second kappa shape index (κ2) is 19.1. The van der Waals surface area contributed by atoms with E-state index in [1.54, 1.807) is 7.11 Å². The molecule has 0 fully saturated rings. The summed E-state index contributed by atoms with van der Waals surface area (Å²) in [7, 11) is 1.60. The molecule has 0 aromatic heterocycles. The average molecular weight is 399 g/mol. The number of allylic oxidation sites excluding steroid dienone is 1. The molecule has 0 aliphatic heterocycles. The van der Waals surface area contributed by atoms with Crippen molar-refractivity contribution in [3.8, 4) is 0 Å². The van der Waals surface area contributed by atoms with E-state index in [1.165, 1.54) is 26.2 Å². The van der Waals surface area contributed by atoms with Crippen molar-refractivity contribution in [2.45, 2.75) is 103 Å². The number of carbonyl (C=O) groups is 2. The summed E-state index contributed by atoms with van der Waals surface area (Å²) in [6.07, 6.45) is 17.1. The molecule has 2 atom stereocenters. The third-order valence-corrected chi connectivity index (χ3v) is 4.89. The fourth-order valence-corrected chi connectivity index (χ4v) is 3.17. The lowest BCUT2D eigenvalue weighted by Crippen LogP contribution is -2.21. The molecule has 164 valence electrons. The van der Waals surface area contributed by atoms with Crippen LogP contribution in [0.1, 0.15) is 97.3 Å². The Morgan fingerprint density at radius 2 is 1.61 bits per heavy atom. The van der Waals surface area contributed by atoms with Crippen molar-refractivity contribution in [2.24, 2.45) is 5.92 Å². The van der Waals surface area contributed by atoms with E-state index < -0.39 is 11.9 Å². The lowest BCUT2D eigenvalue weighted by Gasteiger charge is -2.14. The van der Waals surface area contributed by atoms with Gasteiger partial charge in [-0.25, -0.2) is 0 Å². The zero-order chi connectivity index (χ0) is 21.0. The topological polar surface area (TPSA) is 72.8 Å². The van der Waals surface area contributed by atoms with E-state index in [0.717, 1.165) is 57.8 Å². The van der Waals surface area contributed by atoms with Crippen molar-refractivity contribution in [3.63, 3.8) is 0 Å². The molecule has 28 heavy (non-hydrogen) atoms. The summed E-state index contributed by atoms with van der Waals surface area (Å²) in [4.78, 5) is 22.9. The number of hydrogen-bond acceptors (Lipinski definition) is 5. The number of hydrogen-bond donors (Lipinski definition) is 1. The van der Waals surface area contributed by atoms with E-state index in [1.807, 2.05) is 0 Å². The van der Waals surface area contributed by atoms with Gasteiger partial charge in [0.1, 0.15) is 0 Å². The first-order valence-corrected chi connectivity index (χ1v) is 11.1. The molecule has 0 rings (SSSR count). The SMILES string of the molecule is CCCCCC[C@@H](O)C/C=C\CCCCCCC(CCOC)C(=O)OC(C)=O. The lowest BCUT2D eigenvalue weighted by molar-refractivity contribution is -0.161. The van der Waals surface area contributed by atoms with Crippen molar-refractivity contribution >= 4 is 11.9 Å². The van der Waals surface area contributed by atoms with Crippen LogP contribution in [0.5, 0.6) is 0 Å². The molecule has 0 aromatic rings. The summed E-state index contributed by atoms with van der Waals surface area (Å²) < 4.78 is 9.77. The van der Waals surface area contributed by atoms with Crippen molar-refractivity contribution < 1.29 is 24.2 Å². The van der Waals surface area contributed by atoms with Crippen LogP contribution in [-0.2, 0) is 19.1 Å². The van der Waals surface area contributed by atoms with Gasteiger partial charge in [0.15, 0.2) is 0 Å². The number of ether oxygens (including phenoxy) is 2. The van der Waals surface area contributed by atoms with E-state index in [9.17, 15) is 14.7 Å². The van der Waals surface area contributed by atoms with Crippen molar-refractivity contribution in [1.29, 1.82) is 0 Å². The molecule has 5 nitrogen and oxygen atoms in total. The van der Waals surface area contributed by atoms with Gasteiger partial charge in [-0.3, -0.25) is 9.59 Å². The predicted molar refractivity (Wildman–Crippen MR) is 113 cm³/mol. The zero-order valence-corrected chi connectivity index (χ0v) is 18.3. The van der Waals surface area contributed by atoms with Crippen LogP contribution in [0.2, 0.25) is 0 Å². The molecule has 0 spiro atoms. The number of methoxy groups -OCH3 is 1. The number of rotatable bonds is 18. The van der Waals surface area contributed by atoms with Gasteiger partial charge >= 0.3 is 11.9 Å². The van der Waals surface area contributed by atoms with E-state index in [2.05, 4.69) is 19.1 Å². The minimum Gasteiger partial charge on any atom is -0.393 e. The summed E-state index contributed by atoms with van der Waals surface area (Å²) in [6.45, 7) is 3.94. The van der Waals surface area contributed by atoms with Gasteiger partial charge in [-0.2, -0.15) is 0 Å². The minimum atomic E-state index is -0.551. The highest BCUT2D eigenvalue weighted by molar-refractivity contribution is 5.85. The molecule has 5 heteroatoms. The highest BCUT2D eigenvalue weighted by atomic mass is 16.6. The maximum Gasteiger partial charge on any atom is 0.316 e. The van der Waals surface area contributed by atoms with Gasteiger partial charge in [-0.15, -0.1) is 0 Å². The maximum absolute atomic E-state index is 11.9. The molecular formula is C23H42O5. The van der Waals surface area contributed by atoms with Crippen LogP contribution in [0.3, 0.4) is 0 Å². The van der Waals surface area contributed by atoms with E-state index in [4.69, 9.17) is 9.47 Å². The summed E-state index contributed by atoms with van der Waals surface area (Å²) in [5.74, 6) is -1.24. The number of unbranched alkanes of at least 4 members (excludes halogenated alkanes) is 7. The highest BCUT2D eigenvalue weighted by Gasteiger charge is 2.20. The van der Waals surface area contributed by atoms with Crippen LogP contribution in [0.25, 0.3) is 0 Å². The Kier molecular flexibility index (Phi) is 18.3. The maximum atomic E-state index is 11.9. The highest BCUT2D eigenvalue weighted by Crippen LogP contribution is 2.17. The Hall–Kier alpha value is -1.20. The fourth-order valence-electron chi connectivity index (χ4n) is 3.17. The third-order valence-electron chi connectivity index (χ3n) is 4.89. The average Bonchev–Trinajstić information content (AvgIpc) is 2.65. The number of esters is 2. The Bertz CT molecular complexity index is 419. The molecule has 1 unspecified atom stereocenters. The normalized spacial score (nSPS) is 13.6. The zero-order valence-electron chi connectivity index (χ0n) is 18.3.